The summed E-state index contributed by atoms with van der Waals surface area (Å²) in [7, 11) is 4.26. The van der Waals surface area contributed by atoms with Gasteiger partial charge in [-0.3, -0.25) is 0 Å². The predicted molar refractivity (Wildman–Crippen MR) is 101 cm³/mol. The predicted octanol–water partition coefficient (Wildman–Crippen LogP) is 4.57. The fourth-order valence-corrected chi connectivity index (χ4v) is 2.85. The summed E-state index contributed by atoms with van der Waals surface area (Å²) in [6.07, 6.45) is 0. The van der Waals surface area contributed by atoms with Gasteiger partial charge < -0.3 is 19.5 Å². The summed E-state index contributed by atoms with van der Waals surface area (Å²) in [6.45, 7) is 0. The molecular weight excluding hydrogens is 375 g/mol. The highest BCUT2D eigenvalue weighted by atomic mass is 35.5. The van der Waals surface area contributed by atoms with Gasteiger partial charge >= 0.3 is 5.97 Å². The topological polar surface area (TPSA) is 69.7 Å². The number of ether oxygens (including phenoxy) is 3. The minimum absolute atomic E-state index is 0.0812. The number of methoxy groups -OCH3 is 3. The van der Waals surface area contributed by atoms with E-state index in [1.54, 1.807) is 12.1 Å². The first-order valence-corrected chi connectivity index (χ1v) is 8.21. The second-order valence-electron chi connectivity index (χ2n) is 5.52. The van der Waals surface area contributed by atoms with Gasteiger partial charge in [-0.25, -0.2) is 14.2 Å². The number of fused-ring (bicyclic) bond motifs is 1. The Morgan fingerprint density at radius 1 is 1.04 bits per heavy atom. The molecule has 0 spiro atoms. The van der Waals surface area contributed by atoms with Crippen molar-refractivity contribution < 1.29 is 23.4 Å². The fraction of sp³-hybridized carbons (Fsp3) is 0.158. The van der Waals surface area contributed by atoms with E-state index in [1.807, 2.05) is 0 Å². The Kier molecular flexibility index (Phi) is 5.32. The van der Waals surface area contributed by atoms with Gasteiger partial charge in [-0.1, -0.05) is 11.6 Å². The zero-order valence-electron chi connectivity index (χ0n) is 14.8. The number of hydrogen-bond acceptors (Lipinski definition) is 6. The van der Waals surface area contributed by atoms with E-state index in [-0.39, 0.29) is 5.69 Å². The number of benzene rings is 2. The maximum absolute atomic E-state index is 13.8. The summed E-state index contributed by atoms with van der Waals surface area (Å²) in [4.78, 5) is 16.2. The minimum atomic E-state index is -0.607. The average Bonchev–Trinajstić information content (AvgIpc) is 2.67. The van der Waals surface area contributed by atoms with Gasteiger partial charge in [-0.05, 0) is 30.3 Å². The highest BCUT2D eigenvalue weighted by Gasteiger charge is 2.16. The number of carbonyl (C=O) groups excluding carboxylic acids is 1. The number of halogens is 2. The average molecular weight is 391 g/mol. The molecule has 0 saturated carbocycles. The number of pyridine rings is 1. The van der Waals surface area contributed by atoms with Gasteiger partial charge in [0.15, 0.2) is 5.69 Å². The van der Waals surface area contributed by atoms with Crippen LogP contribution in [0.25, 0.3) is 10.9 Å². The van der Waals surface area contributed by atoms with Crippen molar-refractivity contribution in [3.05, 3.63) is 52.9 Å². The number of aromatic nitrogens is 1. The molecule has 0 saturated heterocycles. The van der Waals surface area contributed by atoms with E-state index < -0.39 is 11.8 Å². The van der Waals surface area contributed by atoms with Crippen LogP contribution < -0.4 is 14.8 Å². The molecule has 140 valence electrons. The SMILES string of the molecule is COC(=O)c1cc(Nc2cc(Cl)c(OC)cc2OC)c2cc(F)ccc2n1. The molecule has 0 atom stereocenters. The molecule has 1 N–H and O–H groups in total. The monoisotopic (exact) mass is 390 g/mol. The van der Waals surface area contributed by atoms with E-state index in [0.29, 0.717) is 38.8 Å². The molecule has 27 heavy (non-hydrogen) atoms. The van der Waals surface area contributed by atoms with Crippen LogP contribution in [-0.4, -0.2) is 32.3 Å². The van der Waals surface area contributed by atoms with Crippen molar-refractivity contribution in [2.45, 2.75) is 0 Å². The van der Waals surface area contributed by atoms with Crippen molar-refractivity contribution in [2.24, 2.45) is 0 Å². The lowest BCUT2D eigenvalue weighted by Gasteiger charge is -2.16. The molecule has 3 rings (SSSR count). The quantitative estimate of drug-likeness (QED) is 0.643. The van der Waals surface area contributed by atoms with Crippen LogP contribution in [0, 0.1) is 5.82 Å². The maximum atomic E-state index is 13.8. The van der Waals surface area contributed by atoms with Crippen molar-refractivity contribution in [1.29, 1.82) is 0 Å². The molecule has 0 aliphatic carbocycles. The van der Waals surface area contributed by atoms with E-state index in [1.165, 1.54) is 45.6 Å². The van der Waals surface area contributed by atoms with Crippen molar-refractivity contribution >= 4 is 39.8 Å². The number of rotatable bonds is 5. The first-order chi connectivity index (χ1) is 13.0. The van der Waals surface area contributed by atoms with Gasteiger partial charge in [-0.2, -0.15) is 0 Å². The van der Waals surface area contributed by atoms with Crippen LogP contribution in [0.15, 0.2) is 36.4 Å². The lowest BCUT2D eigenvalue weighted by atomic mass is 10.1. The van der Waals surface area contributed by atoms with E-state index in [4.69, 9.17) is 25.8 Å². The van der Waals surface area contributed by atoms with Crippen molar-refractivity contribution in [3.63, 3.8) is 0 Å². The zero-order chi connectivity index (χ0) is 19.6. The summed E-state index contributed by atoms with van der Waals surface area (Å²) in [6, 6.07) is 8.79. The first kappa shape index (κ1) is 18.7. The third kappa shape index (κ3) is 3.73. The van der Waals surface area contributed by atoms with Crippen LogP contribution in [0.4, 0.5) is 15.8 Å². The number of hydrogen-bond donors (Lipinski definition) is 1. The number of nitrogens with one attached hydrogen (secondary N) is 1. The molecular formula is C19H16ClFN2O4. The lowest BCUT2D eigenvalue weighted by Crippen LogP contribution is -2.06. The first-order valence-electron chi connectivity index (χ1n) is 7.84. The second-order valence-corrected chi connectivity index (χ2v) is 5.93. The van der Waals surface area contributed by atoms with E-state index in [2.05, 4.69) is 10.3 Å². The fourth-order valence-electron chi connectivity index (χ4n) is 2.61. The highest BCUT2D eigenvalue weighted by Crippen LogP contribution is 2.38. The molecule has 0 aliphatic heterocycles. The van der Waals surface area contributed by atoms with Gasteiger partial charge in [0.2, 0.25) is 0 Å². The Hall–Kier alpha value is -3.06. The molecule has 2 aromatic carbocycles. The summed E-state index contributed by atoms with van der Waals surface area (Å²) in [5.41, 5.74) is 1.47. The second kappa shape index (κ2) is 7.67. The van der Waals surface area contributed by atoms with Crippen LogP contribution in [0.3, 0.4) is 0 Å². The Morgan fingerprint density at radius 3 is 2.44 bits per heavy atom. The Morgan fingerprint density at radius 2 is 1.78 bits per heavy atom. The Balaban J connectivity index is 2.17. The molecule has 0 unspecified atom stereocenters. The third-order valence-corrected chi connectivity index (χ3v) is 4.20. The van der Waals surface area contributed by atoms with Gasteiger partial charge in [-0.15, -0.1) is 0 Å². The molecule has 0 aliphatic rings. The molecule has 6 nitrogen and oxygen atoms in total. The van der Waals surface area contributed by atoms with Crippen molar-refractivity contribution in [3.8, 4) is 11.5 Å². The number of esters is 1. The molecule has 0 radical (unpaired) electrons. The van der Waals surface area contributed by atoms with Crippen LogP contribution in [0.2, 0.25) is 5.02 Å². The number of anilines is 2. The molecule has 1 aromatic heterocycles. The molecule has 0 fully saturated rings. The summed E-state index contributed by atoms with van der Waals surface area (Å²) >= 11 is 6.21. The summed E-state index contributed by atoms with van der Waals surface area (Å²) < 4.78 is 29.1. The van der Waals surface area contributed by atoms with E-state index in [9.17, 15) is 9.18 Å². The minimum Gasteiger partial charge on any atom is -0.495 e. The number of nitrogens with zero attached hydrogens (tertiary/aromatic N) is 1. The van der Waals surface area contributed by atoms with Crippen LogP contribution in [0.5, 0.6) is 11.5 Å². The Bertz CT molecular complexity index is 1030. The molecule has 8 heteroatoms. The number of carbonyl (C=O) groups is 1. The molecule has 1 heterocycles. The van der Waals surface area contributed by atoms with Crippen LogP contribution in [0.1, 0.15) is 10.5 Å². The normalized spacial score (nSPS) is 10.6. The summed E-state index contributed by atoms with van der Waals surface area (Å²) in [5.74, 6) is -0.140. The molecule has 3 aromatic rings. The molecule has 0 amide bonds. The summed E-state index contributed by atoms with van der Waals surface area (Å²) in [5, 5.41) is 3.97. The van der Waals surface area contributed by atoms with Crippen molar-refractivity contribution in [2.75, 3.05) is 26.6 Å². The van der Waals surface area contributed by atoms with Crippen LogP contribution >= 0.6 is 11.6 Å². The van der Waals surface area contributed by atoms with E-state index in [0.717, 1.165) is 0 Å². The maximum Gasteiger partial charge on any atom is 0.356 e. The smallest absolute Gasteiger partial charge is 0.356 e. The Labute approximate surface area is 159 Å². The highest BCUT2D eigenvalue weighted by molar-refractivity contribution is 6.32. The standard InChI is InChI=1S/C19H16ClFN2O4/c1-25-17-9-18(26-2)15(7-12(17)20)23-14-8-16(19(24)27-3)22-13-5-4-10(21)6-11(13)14/h4-9H,1-3H3,(H,22,23). The van der Waals surface area contributed by atoms with Gasteiger partial charge in [0.1, 0.15) is 17.3 Å². The van der Waals surface area contributed by atoms with Crippen LogP contribution in [-0.2, 0) is 4.74 Å². The molecule has 0 bridgehead atoms. The lowest BCUT2D eigenvalue weighted by molar-refractivity contribution is 0.0594. The van der Waals surface area contributed by atoms with Gasteiger partial charge in [0.25, 0.3) is 0 Å². The third-order valence-electron chi connectivity index (χ3n) is 3.91. The van der Waals surface area contributed by atoms with Gasteiger partial charge in [0.05, 0.1) is 43.2 Å². The van der Waals surface area contributed by atoms with Gasteiger partial charge in [0, 0.05) is 11.5 Å². The van der Waals surface area contributed by atoms with Crippen molar-refractivity contribution in [1.82, 2.24) is 4.98 Å². The largest absolute Gasteiger partial charge is 0.495 e. The zero-order valence-corrected chi connectivity index (χ0v) is 15.6. The van der Waals surface area contributed by atoms with E-state index >= 15 is 0 Å².